The van der Waals surface area contributed by atoms with Gasteiger partial charge >= 0.3 is 6.03 Å². The van der Waals surface area contributed by atoms with Gasteiger partial charge in [-0.1, -0.05) is 35.9 Å². The molecular weight excluding hydrogens is 364 g/mol. The van der Waals surface area contributed by atoms with Crippen molar-refractivity contribution < 1.29 is 9.90 Å². The van der Waals surface area contributed by atoms with Crippen LogP contribution in [-0.2, 0) is 0 Å². The van der Waals surface area contributed by atoms with E-state index in [0.29, 0.717) is 6.54 Å². The van der Waals surface area contributed by atoms with Crippen LogP contribution in [0, 0.1) is 0 Å². The third kappa shape index (κ3) is 6.13. The normalized spacial score (nSPS) is 16.0. The zero-order chi connectivity index (χ0) is 19.1. The van der Waals surface area contributed by atoms with Gasteiger partial charge in [0.25, 0.3) is 0 Å². The minimum Gasteiger partial charge on any atom is -0.390 e. The van der Waals surface area contributed by atoms with Crippen molar-refractivity contribution in [3.63, 3.8) is 0 Å². The van der Waals surface area contributed by atoms with Crippen LogP contribution in [0.2, 0.25) is 5.02 Å². The number of carbonyl (C=O) groups is 1. The van der Waals surface area contributed by atoms with Gasteiger partial charge in [-0.25, -0.2) is 4.79 Å². The summed E-state index contributed by atoms with van der Waals surface area (Å²) in [6.45, 7) is 4.24. The average Bonchev–Trinajstić information content (AvgIpc) is 2.68. The van der Waals surface area contributed by atoms with Crippen molar-refractivity contribution in [3.05, 3.63) is 59.6 Å². The Morgan fingerprint density at radius 1 is 1.07 bits per heavy atom. The number of carbonyl (C=O) groups excluding carboxylic acids is 1. The van der Waals surface area contributed by atoms with Gasteiger partial charge in [-0.05, 0) is 30.3 Å². The first-order valence-corrected chi connectivity index (χ1v) is 9.49. The number of hydrogen-bond donors (Lipinski definition) is 3. The molecule has 1 fully saturated rings. The van der Waals surface area contributed by atoms with Gasteiger partial charge in [-0.15, -0.1) is 0 Å². The third-order valence-corrected chi connectivity index (χ3v) is 4.78. The third-order valence-electron chi connectivity index (χ3n) is 4.54. The number of β-amino-alcohol motifs (C(OH)–C–C–N with tert-alkyl or cyclic N) is 1. The molecule has 1 saturated heterocycles. The van der Waals surface area contributed by atoms with Crippen LogP contribution < -0.4 is 15.5 Å². The minimum atomic E-state index is -0.607. The molecule has 1 aliphatic rings. The predicted octanol–water partition coefficient (Wildman–Crippen LogP) is 2.64. The number of para-hydroxylation sites is 1. The predicted molar refractivity (Wildman–Crippen MR) is 110 cm³/mol. The molecule has 0 aliphatic carbocycles. The van der Waals surface area contributed by atoms with Gasteiger partial charge in [0.2, 0.25) is 0 Å². The molecule has 27 heavy (non-hydrogen) atoms. The SMILES string of the molecule is O=C(NCC(O)CN1CCN(c2cccc(Cl)c2)CC1)Nc1ccccc1. The van der Waals surface area contributed by atoms with Crippen LogP contribution in [0.4, 0.5) is 16.2 Å². The summed E-state index contributed by atoms with van der Waals surface area (Å²) in [5.74, 6) is 0. The summed E-state index contributed by atoms with van der Waals surface area (Å²) >= 11 is 6.06. The molecule has 0 saturated carbocycles. The molecule has 144 valence electrons. The van der Waals surface area contributed by atoms with Gasteiger partial charge in [-0.2, -0.15) is 0 Å². The molecule has 0 aromatic heterocycles. The van der Waals surface area contributed by atoms with E-state index in [-0.39, 0.29) is 12.6 Å². The number of nitrogens with one attached hydrogen (secondary N) is 2. The maximum Gasteiger partial charge on any atom is 0.319 e. The number of nitrogens with zero attached hydrogens (tertiary/aromatic N) is 2. The summed E-state index contributed by atoms with van der Waals surface area (Å²) in [5.41, 5.74) is 1.85. The Bertz CT molecular complexity index is 736. The first kappa shape index (κ1) is 19.5. The first-order chi connectivity index (χ1) is 13.1. The van der Waals surface area contributed by atoms with Crippen LogP contribution in [0.25, 0.3) is 0 Å². The van der Waals surface area contributed by atoms with E-state index in [2.05, 4.69) is 26.5 Å². The van der Waals surface area contributed by atoms with Crippen LogP contribution in [-0.4, -0.2) is 61.4 Å². The number of urea groups is 1. The Morgan fingerprint density at radius 3 is 2.52 bits per heavy atom. The van der Waals surface area contributed by atoms with Crippen LogP contribution >= 0.6 is 11.6 Å². The minimum absolute atomic E-state index is 0.215. The number of hydrogen-bond acceptors (Lipinski definition) is 4. The van der Waals surface area contributed by atoms with Crippen molar-refractivity contribution in [3.8, 4) is 0 Å². The number of aliphatic hydroxyl groups is 1. The lowest BCUT2D eigenvalue weighted by molar-refractivity contribution is 0.109. The van der Waals surface area contributed by atoms with Crippen LogP contribution in [0.3, 0.4) is 0 Å². The van der Waals surface area contributed by atoms with E-state index in [0.717, 1.165) is 42.6 Å². The molecule has 1 atom stereocenters. The zero-order valence-corrected chi connectivity index (χ0v) is 15.9. The van der Waals surface area contributed by atoms with Crippen LogP contribution in [0.15, 0.2) is 54.6 Å². The molecule has 2 aromatic carbocycles. The molecule has 1 unspecified atom stereocenters. The van der Waals surface area contributed by atoms with E-state index in [9.17, 15) is 9.90 Å². The molecule has 3 N–H and O–H groups in total. The number of halogens is 1. The lowest BCUT2D eigenvalue weighted by atomic mass is 10.2. The number of benzene rings is 2. The van der Waals surface area contributed by atoms with E-state index in [4.69, 9.17) is 11.6 Å². The molecule has 0 spiro atoms. The lowest BCUT2D eigenvalue weighted by Gasteiger charge is -2.37. The van der Waals surface area contributed by atoms with Gasteiger partial charge in [-0.3, -0.25) is 4.90 Å². The molecular formula is C20H25ClN4O2. The van der Waals surface area contributed by atoms with Gasteiger partial charge in [0, 0.05) is 55.7 Å². The lowest BCUT2D eigenvalue weighted by Crippen LogP contribution is -2.50. The summed E-state index contributed by atoms with van der Waals surface area (Å²) in [7, 11) is 0. The molecule has 3 rings (SSSR count). The van der Waals surface area contributed by atoms with Crippen molar-refractivity contribution >= 4 is 29.0 Å². The highest BCUT2D eigenvalue weighted by Gasteiger charge is 2.20. The highest BCUT2D eigenvalue weighted by Crippen LogP contribution is 2.20. The molecule has 1 aliphatic heterocycles. The van der Waals surface area contributed by atoms with Crippen molar-refractivity contribution in [1.82, 2.24) is 10.2 Å². The standard InChI is InChI=1S/C20H25ClN4O2/c21-16-5-4-8-18(13-16)25-11-9-24(10-12-25)15-19(26)14-22-20(27)23-17-6-2-1-3-7-17/h1-8,13,19,26H,9-12,14-15H2,(H2,22,23,27). The molecule has 6 nitrogen and oxygen atoms in total. The van der Waals surface area contributed by atoms with Crippen molar-refractivity contribution in [2.24, 2.45) is 0 Å². The fourth-order valence-electron chi connectivity index (χ4n) is 3.13. The summed E-state index contributed by atoms with van der Waals surface area (Å²) < 4.78 is 0. The van der Waals surface area contributed by atoms with Crippen LogP contribution in [0.1, 0.15) is 0 Å². The van der Waals surface area contributed by atoms with Crippen molar-refractivity contribution in [2.45, 2.75) is 6.10 Å². The smallest absolute Gasteiger partial charge is 0.319 e. The van der Waals surface area contributed by atoms with Gasteiger partial charge in [0.15, 0.2) is 0 Å². The van der Waals surface area contributed by atoms with Crippen LogP contribution in [0.5, 0.6) is 0 Å². The van der Waals surface area contributed by atoms with Gasteiger partial charge in [0.1, 0.15) is 0 Å². The van der Waals surface area contributed by atoms with E-state index in [1.54, 1.807) is 0 Å². The summed E-state index contributed by atoms with van der Waals surface area (Å²) in [4.78, 5) is 16.4. The Kier molecular flexibility index (Phi) is 6.92. The Balaban J connectivity index is 1.36. The second kappa shape index (κ2) is 9.60. The monoisotopic (exact) mass is 388 g/mol. The van der Waals surface area contributed by atoms with Crippen molar-refractivity contribution in [2.75, 3.05) is 49.5 Å². The molecule has 0 radical (unpaired) electrons. The Labute approximate surface area is 164 Å². The number of rotatable bonds is 6. The first-order valence-electron chi connectivity index (χ1n) is 9.11. The quantitative estimate of drug-likeness (QED) is 0.711. The molecule has 2 amide bonds. The summed E-state index contributed by atoms with van der Waals surface area (Å²) in [6, 6.07) is 16.8. The molecule has 1 heterocycles. The largest absolute Gasteiger partial charge is 0.390 e. The topological polar surface area (TPSA) is 67.8 Å². The summed E-state index contributed by atoms with van der Waals surface area (Å²) in [6.07, 6.45) is -0.607. The fraction of sp³-hybridized carbons (Fsp3) is 0.350. The fourth-order valence-corrected chi connectivity index (χ4v) is 3.32. The second-order valence-corrected chi connectivity index (χ2v) is 7.06. The van der Waals surface area contributed by atoms with Gasteiger partial charge in [0.05, 0.1) is 6.10 Å². The molecule has 2 aromatic rings. The second-order valence-electron chi connectivity index (χ2n) is 6.62. The van der Waals surface area contributed by atoms with Crippen molar-refractivity contribution in [1.29, 1.82) is 0 Å². The summed E-state index contributed by atoms with van der Waals surface area (Å²) in [5, 5.41) is 16.4. The van der Waals surface area contributed by atoms with E-state index in [1.807, 2.05) is 48.5 Å². The number of piperazine rings is 1. The Morgan fingerprint density at radius 2 is 1.81 bits per heavy atom. The van der Waals surface area contributed by atoms with E-state index in [1.165, 1.54) is 0 Å². The maximum absolute atomic E-state index is 11.9. The number of anilines is 2. The number of amides is 2. The highest BCUT2D eigenvalue weighted by atomic mass is 35.5. The molecule has 0 bridgehead atoms. The zero-order valence-electron chi connectivity index (χ0n) is 15.1. The Hall–Kier alpha value is -2.28. The average molecular weight is 389 g/mol. The molecule has 7 heteroatoms. The maximum atomic E-state index is 11.9. The van der Waals surface area contributed by atoms with E-state index < -0.39 is 6.10 Å². The van der Waals surface area contributed by atoms with Gasteiger partial charge < -0.3 is 20.6 Å². The number of aliphatic hydroxyl groups excluding tert-OH is 1. The van der Waals surface area contributed by atoms with E-state index >= 15 is 0 Å². The highest BCUT2D eigenvalue weighted by molar-refractivity contribution is 6.30.